The maximum absolute atomic E-state index is 12.4. The van der Waals surface area contributed by atoms with Crippen LogP contribution in [0.25, 0.3) is 0 Å². The van der Waals surface area contributed by atoms with Gasteiger partial charge in [0.15, 0.2) is 0 Å². The SMILES string of the molecule is CCCCCCCCCCCCC(=O)OC[C@@H](O)COC(=O)CCCCCC[C@H]1[C@@H](O)CC(=O)[C@@H]1/C=C/[C@@H](O)CCCCC. The van der Waals surface area contributed by atoms with Crippen molar-refractivity contribution in [3.63, 3.8) is 0 Å². The first-order valence-electron chi connectivity index (χ1n) is 17.8. The Kier molecular flexibility index (Phi) is 24.2. The van der Waals surface area contributed by atoms with Crippen molar-refractivity contribution in [1.29, 1.82) is 0 Å². The first-order valence-corrected chi connectivity index (χ1v) is 17.8. The monoisotopic (exact) mass is 624 g/mol. The second kappa shape index (κ2) is 26.4. The molecular weight excluding hydrogens is 560 g/mol. The predicted molar refractivity (Wildman–Crippen MR) is 174 cm³/mol. The van der Waals surface area contributed by atoms with Gasteiger partial charge >= 0.3 is 11.9 Å². The quantitative estimate of drug-likeness (QED) is 0.0475. The van der Waals surface area contributed by atoms with E-state index in [1.165, 1.54) is 44.9 Å². The second-order valence-corrected chi connectivity index (χ2v) is 12.8. The smallest absolute Gasteiger partial charge is 0.305 e. The number of unbranched alkanes of at least 4 members (excludes halogenated alkanes) is 14. The summed E-state index contributed by atoms with van der Waals surface area (Å²) in [6, 6.07) is 0. The molecule has 5 atom stereocenters. The van der Waals surface area contributed by atoms with E-state index >= 15 is 0 Å². The van der Waals surface area contributed by atoms with Crippen LogP contribution in [-0.4, -0.2) is 64.6 Å². The summed E-state index contributed by atoms with van der Waals surface area (Å²) < 4.78 is 10.2. The minimum absolute atomic E-state index is 0.0355. The zero-order chi connectivity index (χ0) is 32.4. The highest BCUT2D eigenvalue weighted by molar-refractivity contribution is 5.86. The summed E-state index contributed by atoms with van der Waals surface area (Å²) in [6.45, 7) is 3.97. The van der Waals surface area contributed by atoms with Crippen LogP contribution in [0.1, 0.15) is 155 Å². The van der Waals surface area contributed by atoms with E-state index in [1.54, 1.807) is 12.2 Å². The molecule has 1 aliphatic rings. The predicted octanol–water partition coefficient (Wildman–Crippen LogP) is 7.15. The number of Topliss-reactive ketones (excluding diaryl/α,β-unsaturated/α-hetero) is 1. The topological polar surface area (TPSA) is 130 Å². The van der Waals surface area contributed by atoms with E-state index < -0.39 is 18.3 Å². The van der Waals surface area contributed by atoms with Crippen LogP contribution in [0.2, 0.25) is 0 Å². The average molecular weight is 625 g/mol. The molecule has 8 nitrogen and oxygen atoms in total. The van der Waals surface area contributed by atoms with Crippen molar-refractivity contribution in [3.8, 4) is 0 Å². The van der Waals surface area contributed by atoms with Crippen molar-refractivity contribution in [3.05, 3.63) is 12.2 Å². The molecule has 0 bridgehead atoms. The standard InChI is InChI=1S/C36H64O8/c1-3-5-7-8-9-10-11-12-13-18-22-35(41)43-27-30(38)28-44-36(42)23-19-15-14-17-21-31-32(34(40)26-33(31)39)25-24-29(37)20-16-6-4-2/h24-25,29-33,37-39H,3-23,26-28H2,1-2H3/b25-24+/t29-,30+,31+,32+,33-/m0/s1. The van der Waals surface area contributed by atoms with Crippen LogP contribution in [0.3, 0.4) is 0 Å². The van der Waals surface area contributed by atoms with Gasteiger partial charge in [0.25, 0.3) is 0 Å². The van der Waals surface area contributed by atoms with Gasteiger partial charge in [0.05, 0.1) is 12.2 Å². The van der Waals surface area contributed by atoms with Gasteiger partial charge in [-0.1, -0.05) is 122 Å². The Balaban J connectivity index is 2.07. The molecule has 0 amide bonds. The van der Waals surface area contributed by atoms with Crippen LogP contribution in [-0.2, 0) is 23.9 Å². The Morgan fingerprint density at radius 1 is 0.750 bits per heavy atom. The highest BCUT2D eigenvalue weighted by atomic mass is 16.6. The minimum Gasteiger partial charge on any atom is -0.463 e. The molecule has 0 aromatic heterocycles. The van der Waals surface area contributed by atoms with Crippen molar-refractivity contribution in [2.75, 3.05) is 13.2 Å². The number of hydrogen-bond acceptors (Lipinski definition) is 8. The zero-order valence-electron chi connectivity index (χ0n) is 27.9. The number of hydrogen-bond donors (Lipinski definition) is 3. The maximum Gasteiger partial charge on any atom is 0.305 e. The van der Waals surface area contributed by atoms with E-state index in [0.717, 1.165) is 64.2 Å². The molecule has 3 N–H and O–H groups in total. The lowest BCUT2D eigenvalue weighted by molar-refractivity contribution is -0.152. The molecule has 1 aliphatic carbocycles. The molecule has 1 fully saturated rings. The normalized spacial score (nSPS) is 19.8. The lowest BCUT2D eigenvalue weighted by atomic mass is 9.88. The van der Waals surface area contributed by atoms with Crippen molar-refractivity contribution in [2.45, 2.75) is 173 Å². The minimum atomic E-state index is -1.03. The van der Waals surface area contributed by atoms with Gasteiger partial charge in [0.2, 0.25) is 0 Å². The van der Waals surface area contributed by atoms with Gasteiger partial charge in [-0.3, -0.25) is 14.4 Å². The number of ketones is 1. The van der Waals surface area contributed by atoms with Crippen LogP contribution < -0.4 is 0 Å². The number of esters is 2. The van der Waals surface area contributed by atoms with Gasteiger partial charge in [-0.2, -0.15) is 0 Å². The van der Waals surface area contributed by atoms with E-state index in [0.29, 0.717) is 19.3 Å². The van der Waals surface area contributed by atoms with Crippen molar-refractivity contribution < 1.29 is 39.2 Å². The van der Waals surface area contributed by atoms with E-state index in [9.17, 15) is 29.7 Å². The number of carbonyl (C=O) groups is 3. The molecule has 44 heavy (non-hydrogen) atoms. The van der Waals surface area contributed by atoms with E-state index in [1.807, 2.05) is 0 Å². The summed E-state index contributed by atoms with van der Waals surface area (Å²) in [5.74, 6) is -1.15. The van der Waals surface area contributed by atoms with E-state index in [4.69, 9.17) is 9.47 Å². The number of rotatable bonds is 28. The molecule has 1 rings (SSSR count). The number of ether oxygens (including phenoxy) is 2. The Bertz CT molecular complexity index is 782. The molecule has 0 saturated heterocycles. The molecule has 0 unspecified atom stereocenters. The molecule has 0 heterocycles. The Morgan fingerprint density at radius 2 is 1.23 bits per heavy atom. The molecule has 8 heteroatoms. The van der Waals surface area contributed by atoms with Gasteiger partial charge in [0.1, 0.15) is 25.1 Å². The Labute approximate surface area is 267 Å². The van der Waals surface area contributed by atoms with Gasteiger partial charge < -0.3 is 24.8 Å². The second-order valence-electron chi connectivity index (χ2n) is 12.8. The van der Waals surface area contributed by atoms with Gasteiger partial charge in [-0.15, -0.1) is 0 Å². The molecule has 0 aromatic carbocycles. The van der Waals surface area contributed by atoms with Crippen molar-refractivity contribution >= 4 is 17.7 Å². The van der Waals surface area contributed by atoms with E-state index in [2.05, 4.69) is 13.8 Å². The van der Waals surface area contributed by atoms with Gasteiger partial charge in [-0.05, 0) is 31.6 Å². The van der Waals surface area contributed by atoms with Crippen LogP contribution in [0.4, 0.5) is 0 Å². The summed E-state index contributed by atoms with van der Waals surface area (Å²) in [7, 11) is 0. The molecule has 0 spiro atoms. The molecule has 0 radical (unpaired) electrons. The third-order valence-electron chi connectivity index (χ3n) is 8.66. The summed E-state index contributed by atoms with van der Waals surface area (Å²) in [5, 5.41) is 30.5. The molecule has 0 aromatic rings. The maximum atomic E-state index is 12.4. The Morgan fingerprint density at radius 3 is 1.77 bits per heavy atom. The third kappa shape index (κ3) is 20.3. The number of allylic oxidation sites excluding steroid dienone is 1. The number of aliphatic hydroxyl groups is 3. The summed E-state index contributed by atoms with van der Waals surface area (Å²) in [5.41, 5.74) is 0. The van der Waals surface area contributed by atoms with Crippen molar-refractivity contribution in [2.24, 2.45) is 11.8 Å². The molecular formula is C36H64O8. The van der Waals surface area contributed by atoms with Crippen LogP contribution >= 0.6 is 0 Å². The lowest BCUT2D eigenvalue weighted by Gasteiger charge is -2.19. The molecule has 1 saturated carbocycles. The number of carbonyl (C=O) groups excluding carboxylic acids is 3. The first-order chi connectivity index (χ1) is 21.3. The largest absolute Gasteiger partial charge is 0.463 e. The van der Waals surface area contributed by atoms with Crippen molar-refractivity contribution in [1.82, 2.24) is 0 Å². The fraction of sp³-hybridized carbons (Fsp3) is 0.861. The number of aliphatic hydroxyl groups excluding tert-OH is 3. The first kappa shape index (κ1) is 40.3. The zero-order valence-corrected chi connectivity index (χ0v) is 27.9. The summed E-state index contributed by atoms with van der Waals surface area (Å²) in [4.78, 5) is 36.3. The highest BCUT2D eigenvalue weighted by Crippen LogP contribution is 2.34. The van der Waals surface area contributed by atoms with Crippen LogP contribution in [0.5, 0.6) is 0 Å². The molecule has 0 aliphatic heterocycles. The third-order valence-corrected chi connectivity index (χ3v) is 8.66. The average Bonchev–Trinajstić information content (AvgIpc) is 3.27. The summed E-state index contributed by atoms with van der Waals surface area (Å²) >= 11 is 0. The summed E-state index contributed by atoms with van der Waals surface area (Å²) in [6.07, 6.45) is 21.7. The molecule has 256 valence electrons. The van der Waals surface area contributed by atoms with Crippen LogP contribution in [0.15, 0.2) is 12.2 Å². The van der Waals surface area contributed by atoms with E-state index in [-0.39, 0.29) is 55.6 Å². The van der Waals surface area contributed by atoms with Gasteiger partial charge in [0, 0.05) is 25.2 Å². The lowest BCUT2D eigenvalue weighted by Crippen LogP contribution is -2.25. The van der Waals surface area contributed by atoms with Crippen LogP contribution in [0, 0.1) is 11.8 Å². The van der Waals surface area contributed by atoms with Gasteiger partial charge in [-0.25, -0.2) is 0 Å². The fourth-order valence-electron chi connectivity index (χ4n) is 5.87. The Hall–Kier alpha value is -1.77. The fourth-order valence-corrected chi connectivity index (χ4v) is 5.87. The highest BCUT2D eigenvalue weighted by Gasteiger charge is 2.39.